The van der Waals surface area contributed by atoms with Crippen LogP contribution in [-0.4, -0.2) is 17.3 Å². The zero-order valence-corrected chi connectivity index (χ0v) is 10.5. The molecule has 4 heteroatoms. The zero-order valence-electron chi connectivity index (χ0n) is 9.68. The Morgan fingerprint density at radius 1 is 1.17 bits per heavy atom. The number of thioether (sulfide) groups is 1. The van der Waals surface area contributed by atoms with Gasteiger partial charge in [0, 0.05) is 10.5 Å². The van der Waals surface area contributed by atoms with Crippen LogP contribution in [0.15, 0.2) is 47.4 Å². The fourth-order valence-corrected chi connectivity index (χ4v) is 2.35. The lowest BCUT2D eigenvalue weighted by molar-refractivity contribution is 0.0696. The molecule has 0 aromatic heterocycles. The Labute approximate surface area is 108 Å². The van der Waals surface area contributed by atoms with Crippen LogP contribution in [0.2, 0.25) is 0 Å². The molecule has 92 valence electrons. The van der Waals surface area contributed by atoms with E-state index in [1.165, 1.54) is 23.9 Å². The molecule has 2 nitrogen and oxygen atoms in total. The number of carboxylic acids is 1. The van der Waals surface area contributed by atoms with Crippen LogP contribution in [0.1, 0.15) is 10.4 Å². The molecule has 0 aliphatic heterocycles. The molecule has 1 N–H and O–H groups in total. The molecule has 2 rings (SSSR count). The van der Waals surface area contributed by atoms with Gasteiger partial charge < -0.3 is 5.11 Å². The molecule has 0 aliphatic rings. The van der Waals surface area contributed by atoms with E-state index in [1.807, 2.05) is 30.5 Å². The molecule has 0 unspecified atom stereocenters. The molecule has 0 bridgehead atoms. The topological polar surface area (TPSA) is 37.3 Å². The summed E-state index contributed by atoms with van der Waals surface area (Å²) in [4.78, 5) is 11.7. The van der Waals surface area contributed by atoms with Crippen molar-refractivity contribution in [1.82, 2.24) is 0 Å². The van der Waals surface area contributed by atoms with Gasteiger partial charge in [0.1, 0.15) is 5.82 Å². The number of benzene rings is 2. The molecule has 0 aliphatic carbocycles. The Balaban J connectivity index is 2.54. The molecule has 2 aromatic carbocycles. The van der Waals surface area contributed by atoms with Crippen LogP contribution in [0, 0.1) is 5.82 Å². The SMILES string of the molecule is CSc1ccccc1-c1ccc(C(=O)O)cc1F. The van der Waals surface area contributed by atoms with Crippen LogP contribution >= 0.6 is 11.8 Å². The maximum atomic E-state index is 13.9. The smallest absolute Gasteiger partial charge is 0.335 e. The highest BCUT2D eigenvalue weighted by Gasteiger charge is 2.12. The van der Waals surface area contributed by atoms with Crippen molar-refractivity contribution in [2.75, 3.05) is 6.26 Å². The summed E-state index contributed by atoms with van der Waals surface area (Å²) >= 11 is 1.53. The molecule has 0 saturated heterocycles. The summed E-state index contributed by atoms with van der Waals surface area (Å²) in [6.45, 7) is 0. The average Bonchev–Trinajstić information content (AvgIpc) is 2.38. The molecule has 0 fully saturated rings. The number of aromatic carboxylic acids is 1. The van der Waals surface area contributed by atoms with Crippen molar-refractivity contribution in [1.29, 1.82) is 0 Å². The standard InChI is InChI=1S/C14H11FO2S/c1-18-13-5-3-2-4-11(13)10-7-6-9(14(16)17)8-12(10)15/h2-8H,1H3,(H,16,17). The lowest BCUT2D eigenvalue weighted by atomic mass is 10.0. The largest absolute Gasteiger partial charge is 0.478 e. The minimum Gasteiger partial charge on any atom is -0.478 e. The second kappa shape index (κ2) is 5.23. The van der Waals surface area contributed by atoms with Crippen molar-refractivity contribution in [3.8, 4) is 11.1 Å². The van der Waals surface area contributed by atoms with Gasteiger partial charge in [-0.25, -0.2) is 9.18 Å². The van der Waals surface area contributed by atoms with E-state index >= 15 is 0 Å². The van der Waals surface area contributed by atoms with E-state index in [4.69, 9.17) is 5.11 Å². The van der Waals surface area contributed by atoms with Gasteiger partial charge in [-0.3, -0.25) is 0 Å². The van der Waals surface area contributed by atoms with Crippen molar-refractivity contribution in [3.63, 3.8) is 0 Å². The van der Waals surface area contributed by atoms with E-state index in [-0.39, 0.29) is 5.56 Å². The average molecular weight is 262 g/mol. The molecule has 0 heterocycles. The number of hydrogen-bond acceptors (Lipinski definition) is 2. The highest BCUT2D eigenvalue weighted by molar-refractivity contribution is 7.98. The van der Waals surface area contributed by atoms with E-state index in [0.29, 0.717) is 5.56 Å². The van der Waals surface area contributed by atoms with Crippen molar-refractivity contribution in [3.05, 3.63) is 53.8 Å². The molecule has 0 saturated carbocycles. The predicted molar refractivity (Wildman–Crippen MR) is 70.6 cm³/mol. The highest BCUT2D eigenvalue weighted by Crippen LogP contribution is 2.31. The van der Waals surface area contributed by atoms with Crippen molar-refractivity contribution in [2.24, 2.45) is 0 Å². The maximum Gasteiger partial charge on any atom is 0.335 e. The molecular formula is C14H11FO2S. The molecule has 2 aromatic rings. The van der Waals surface area contributed by atoms with Gasteiger partial charge in [0.05, 0.1) is 5.56 Å². The monoisotopic (exact) mass is 262 g/mol. The Kier molecular flexibility index (Phi) is 3.67. The third kappa shape index (κ3) is 2.38. The van der Waals surface area contributed by atoms with E-state index in [2.05, 4.69) is 0 Å². The number of rotatable bonds is 3. The summed E-state index contributed by atoms with van der Waals surface area (Å²) in [5, 5.41) is 8.80. The number of carboxylic acid groups (broad SMARTS) is 1. The Hall–Kier alpha value is -1.81. The fraction of sp³-hybridized carbons (Fsp3) is 0.0714. The summed E-state index contributed by atoms with van der Waals surface area (Å²) < 4.78 is 13.9. The molecule has 0 amide bonds. The minimum atomic E-state index is -1.13. The van der Waals surface area contributed by atoms with Crippen molar-refractivity contribution >= 4 is 17.7 Å². The lowest BCUT2D eigenvalue weighted by Crippen LogP contribution is -1.98. The van der Waals surface area contributed by atoms with Gasteiger partial charge in [0.25, 0.3) is 0 Å². The van der Waals surface area contributed by atoms with Gasteiger partial charge in [0.2, 0.25) is 0 Å². The Morgan fingerprint density at radius 3 is 2.50 bits per heavy atom. The summed E-state index contributed by atoms with van der Waals surface area (Å²) in [6.07, 6.45) is 1.92. The summed E-state index contributed by atoms with van der Waals surface area (Å²) in [5.74, 6) is -1.64. The van der Waals surface area contributed by atoms with Crippen LogP contribution in [0.4, 0.5) is 4.39 Å². The zero-order chi connectivity index (χ0) is 13.1. The second-order valence-corrected chi connectivity index (χ2v) is 4.55. The van der Waals surface area contributed by atoms with Crippen LogP contribution in [0.25, 0.3) is 11.1 Å². The van der Waals surface area contributed by atoms with Crippen LogP contribution in [0.5, 0.6) is 0 Å². The third-order valence-corrected chi connectivity index (χ3v) is 3.41. The number of carbonyl (C=O) groups is 1. The third-order valence-electron chi connectivity index (χ3n) is 2.61. The van der Waals surface area contributed by atoms with E-state index in [1.54, 1.807) is 0 Å². The Morgan fingerprint density at radius 2 is 1.89 bits per heavy atom. The summed E-state index contributed by atoms with van der Waals surface area (Å²) in [6, 6.07) is 11.4. The fourth-order valence-electron chi connectivity index (χ4n) is 1.73. The maximum absolute atomic E-state index is 13.9. The summed E-state index contributed by atoms with van der Waals surface area (Å²) in [5.41, 5.74) is 1.15. The molecular weight excluding hydrogens is 251 g/mol. The summed E-state index contributed by atoms with van der Waals surface area (Å²) in [7, 11) is 0. The van der Waals surface area contributed by atoms with Gasteiger partial charge in [-0.1, -0.05) is 24.3 Å². The molecule has 18 heavy (non-hydrogen) atoms. The normalized spacial score (nSPS) is 10.3. The lowest BCUT2D eigenvalue weighted by Gasteiger charge is -2.08. The van der Waals surface area contributed by atoms with Crippen molar-refractivity contribution in [2.45, 2.75) is 4.90 Å². The number of halogens is 1. The highest BCUT2D eigenvalue weighted by atomic mass is 32.2. The Bertz CT molecular complexity index is 596. The molecule has 0 radical (unpaired) electrons. The van der Waals surface area contributed by atoms with Gasteiger partial charge in [0.15, 0.2) is 0 Å². The molecule has 0 spiro atoms. The second-order valence-electron chi connectivity index (χ2n) is 3.70. The van der Waals surface area contributed by atoms with E-state index < -0.39 is 11.8 Å². The first-order valence-electron chi connectivity index (χ1n) is 5.29. The number of hydrogen-bond donors (Lipinski definition) is 1. The van der Waals surface area contributed by atoms with Gasteiger partial charge in [-0.05, 0) is 30.0 Å². The van der Waals surface area contributed by atoms with Crippen LogP contribution in [0.3, 0.4) is 0 Å². The van der Waals surface area contributed by atoms with Gasteiger partial charge in [-0.2, -0.15) is 0 Å². The van der Waals surface area contributed by atoms with E-state index in [9.17, 15) is 9.18 Å². The van der Waals surface area contributed by atoms with Gasteiger partial charge >= 0.3 is 5.97 Å². The molecule has 0 atom stereocenters. The quantitative estimate of drug-likeness (QED) is 0.852. The van der Waals surface area contributed by atoms with Gasteiger partial charge in [-0.15, -0.1) is 11.8 Å². The van der Waals surface area contributed by atoms with Crippen LogP contribution in [-0.2, 0) is 0 Å². The first kappa shape index (κ1) is 12.6. The minimum absolute atomic E-state index is 0.0436. The van der Waals surface area contributed by atoms with Crippen LogP contribution < -0.4 is 0 Å². The van der Waals surface area contributed by atoms with Crippen molar-refractivity contribution < 1.29 is 14.3 Å². The predicted octanol–water partition coefficient (Wildman–Crippen LogP) is 3.91. The first-order chi connectivity index (χ1) is 8.63. The first-order valence-corrected chi connectivity index (χ1v) is 6.52. The van der Waals surface area contributed by atoms with E-state index in [0.717, 1.165) is 16.5 Å².